The maximum absolute atomic E-state index is 10.7. The van der Waals surface area contributed by atoms with Crippen molar-refractivity contribution >= 4 is 23.1 Å². The summed E-state index contributed by atoms with van der Waals surface area (Å²) in [5, 5.41) is 10.6. The monoisotopic (exact) mass is 271 g/mol. The number of pyridine rings is 1. The van der Waals surface area contributed by atoms with Crippen LogP contribution in [0.25, 0.3) is 0 Å². The third-order valence-electron chi connectivity index (χ3n) is 2.75. The lowest BCUT2D eigenvalue weighted by Gasteiger charge is -2.36. The van der Waals surface area contributed by atoms with Crippen LogP contribution in [0.15, 0.2) is 12.1 Å². The van der Waals surface area contributed by atoms with E-state index < -0.39 is 4.92 Å². The average molecular weight is 272 g/mol. The Morgan fingerprint density at radius 2 is 2.06 bits per heavy atom. The van der Waals surface area contributed by atoms with E-state index in [2.05, 4.69) is 4.98 Å². The zero-order valence-electron chi connectivity index (χ0n) is 10.2. The van der Waals surface area contributed by atoms with E-state index in [-0.39, 0.29) is 23.0 Å². The predicted octanol–water partition coefficient (Wildman–Crippen LogP) is 2.26. The van der Waals surface area contributed by atoms with Gasteiger partial charge in [-0.1, -0.05) is 11.6 Å². The molecule has 1 fully saturated rings. The fraction of sp³-hybridized carbons (Fsp3) is 0.545. The number of anilines is 1. The lowest BCUT2D eigenvalue weighted by atomic mass is 10.2. The van der Waals surface area contributed by atoms with Gasteiger partial charge in [-0.15, -0.1) is 0 Å². The van der Waals surface area contributed by atoms with Gasteiger partial charge in [0.25, 0.3) is 0 Å². The van der Waals surface area contributed by atoms with E-state index in [4.69, 9.17) is 16.3 Å². The Balaban J connectivity index is 2.23. The lowest BCUT2D eigenvalue weighted by molar-refractivity contribution is -0.385. The van der Waals surface area contributed by atoms with Gasteiger partial charge in [0, 0.05) is 19.2 Å². The minimum Gasteiger partial charge on any atom is -0.372 e. The van der Waals surface area contributed by atoms with Crippen molar-refractivity contribution in [2.24, 2.45) is 0 Å². The Bertz CT molecular complexity index is 459. The van der Waals surface area contributed by atoms with Crippen molar-refractivity contribution in [2.75, 3.05) is 18.0 Å². The predicted molar refractivity (Wildman–Crippen MR) is 68.1 cm³/mol. The minimum absolute atomic E-state index is 0.0794. The molecule has 0 N–H and O–H groups in total. The van der Waals surface area contributed by atoms with E-state index in [1.807, 2.05) is 18.7 Å². The zero-order chi connectivity index (χ0) is 13.3. The molecule has 1 aromatic heterocycles. The molecule has 98 valence electrons. The second kappa shape index (κ2) is 5.07. The number of rotatable bonds is 2. The Morgan fingerprint density at radius 3 is 2.56 bits per heavy atom. The van der Waals surface area contributed by atoms with Gasteiger partial charge in [0.15, 0.2) is 0 Å². The number of hydrogen-bond acceptors (Lipinski definition) is 5. The van der Waals surface area contributed by atoms with Gasteiger partial charge in [-0.3, -0.25) is 10.1 Å². The standard InChI is InChI=1S/C11H14ClN3O3/c1-7-5-14(6-8(2)18-7)10-4-3-9(15(16)17)11(12)13-10/h3-4,7-8H,5-6H2,1-2H3. The highest BCUT2D eigenvalue weighted by Gasteiger charge is 2.24. The van der Waals surface area contributed by atoms with Gasteiger partial charge >= 0.3 is 5.69 Å². The fourth-order valence-electron chi connectivity index (χ4n) is 2.09. The Hall–Kier alpha value is -1.40. The van der Waals surface area contributed by atoms with Crippen LogP contribution < -0.4 is 4.90 Å². The van der Waals surface area contributed by atoms with Gasteiger partial charge in [0.05, 0.1) is 17.1 Å². The van der Waals surface area contributed by atoms with Crippen LogP contribution in [-0.2, 0) is 4.74 Å². The van der Waals surface area contributed by atoms with E-state index in [1.54, 1.807) is 6.07 Å². The average Bonchev–Trinajstić information content (AvgIpc) is 2.26. The molecule has 2 atom stereocenters. The van der Waals surface area contributed by atoms with Crippen LogP contribution >= 0.6 is 11.6 Å². The van der Waals surface area contributed by atoms with Crippen molar-refractivity contribution in [3.8, 4) is 0 Å². The van der Waals surface area contributed by atoms with Crippen LogP contribution in [0.3, 0.4) is 0 Å². The number of halogens is 1. The van der Waals surface area contributed by atoms with Gasteiger partial charge in [0.2, 0.25) is 5.15 Å². The number of morpholine rings is 1. The van der Waals surface area contributed by atoms with Gasteiger partial charge in [-0.25, -0.2) is 4.98 Å². The fourth-order valence-corrected chi connectivity index (χ4v) is 2.31. The topological polar surface area (TPSA) is 68.5 Å². The van der Waals surface area contributed by atoms with Crippen molar-refractivity contribution in [2.45, 2.75) is 26.1 Å². The first-order chi connectivity index (χ1) is 8.47. The summed E-state index contributed by atoms with van der Waals surface area (Å²) in [5.74, 6) is 0.646. The van der Waals surface area contributed by atoms with Gasteiger partial charge in [0.1, 0.15) is 5.82 Å². The zero-order valence-corrected chi connectivity index (χ0v) is 10.9. The SMILES string of the molecule is CC1CN(c2ccc([N+](=O)[O-])c(Cl)n2)CC(C)O1. The lowest BCUT2D eigenvalue weighted by Crippen LogP contribution is -2.45. The van der Waals surface area contributed by atoms with Gasteiger partial charge < -0.3 is 9.64 Å². The molecule has 0 aromatic carbocycles. The summed E-state index contributed by atoms with van der Waals surface area (Å²) in [6.45, 7) is 5.36. The third kappa shape index (κ3) is 2.70. The normalized spacial score (nSPS) is 24.1. The number of nitrogens with zero attached hydrogens (tertiary/aromatic N) is 3. The van der Waals surface area contributed by atoms with Crippen molar-refractivity contribution < 1.29 is 9.66 Å². The summed E-state index contributed by atoms with van der Waals surface area (Å²) >= 11 is 5.81. The second-order valence-electron chi connectivity index (χ2n) is 4.40. The molecule has 1 aliphatic rings. The molecule has 2 rings (SSSR count). The van der Waals surface area contributed by atoms with Crippen LogP contribution in [0, 0.1) is 10.1 Å². The molecule has 1 saturated heterocycles. The number of nitro groups is 1. The van der Waals surface area contributed by atoms with Crippen LogP contribution in [0.4, 0.5) is 11.5 Å². The molecule has 2 heterocycles. The molecule has 0 saturated carbocycles. The first-order valence-electron chi connectivity index (χ1n) is 5.68. The second-order valence-corrected chi connectivity index (χ2v) is 4.76. The highest BCUT2D eigenvalue weighted by Crippen LogP contribution is 2.26. The van der Waals surface area contributed by atoms with E-state index in [1.165, 1.54) is 6.07 Å². The highest BCUT2D eigenvalue weighted by molar-refractivity contribution is 6.31. The number of ether oxygens (including phenoxy) is 1. The van der Waals surface area contributed by atoms with E-state index in [0.717, 1.165) is 0 Å². The summed E-state index contributed by atoms with van der Waals surface area (Å²) < 4.78 is 5.62. The minimum atomic E-state index is -0.538. The summed E-state index contributed by atoms with van der Waals surface area (Å²) in [5.41, 5.74) is -0.172. The molecule has 2 unspecified atom stereocenters. The Morgan fingerprint density at radius 1 is 1.44 bits per heavy atom. The molecule has 7 heteroatoms. The molecule has 0 amide bonds. The van der Waals surface area contributed by atoms with Gasteiger partial charge in [-0.2, -0.15) is 0 Å². The molecular formula is C11H14ClN3O3. The third-order valence-corrected chi connectivity index (χ3v) is 3.03. The van der Waals surface area contributed by atoms with Crippen LogP contribution in [-0.4, -0.2) is 35.2 Å². The Kier molecular flexibility index (Phi) is 3.68. The van der Waals surface area contributed by atoms with Crippen molar-refractivity contribution in [3.05, 3.63) is 27.4 Å². The van der Waals surface area contributed by atoms with E-state index in [0.29, 0.717) is 18.9 Å². The maximum atomic E-state index is 10.7. The molecule has 1 aromatic rings. The van der Waals surface area contributed by atoms with Crippen LogP contribution in [0.2, 0.25) is 5.15 Å². The largest absolute Gasteiger partial charge is 0.372 e. The van der Waals surface area contributed by atoms with E-state index >= 15 is 0 Å². The van der Waals surface area contributed by atoms with E-state index in [9.17, 15) is 10.1 Å². The molecule has 6 nitrogen and oxygen atoms in total. The summed E-state index contributed by atoms with van der Waals surface area (Å²) in [7, 11) is 0. The summed E-state index contributed by atoms with van der Waals surface area (Å²) in [6.07, 6.45) is 0.203. The quantitative estimate of drug-likeness (QED) is 0.469. The first kappa shape index (κ1) is 13.0. The van der Waals surface area contributed by atoms with Gasteiger partial charge in [-0.05, 0) is 19.9 Å². The first-order valence-corrected chi connectivity index (χ1v) is 6.06. The molecule has 0 radical (unpaired) electrons. The Labute approximate surface area is 110 Å². The van der Waals surface area contributed by atoms with Crippen LogP contribution in [0.1, 0.15) is 13.8 Å². The molecule has 1 aliphatic heterocycles. The van der Waals surface area contributed by atoms with Crippen molar-refractivity contribution in [3.63, 3.8) is 0 Å². The molecular weight excluding hydrogens is 258 g/mol. The highest BCUT2D eigenvalue weighted by atomic mass is 35.5. The van der Waals surface area contributed by atoms with Crippen molar-refractivity contribution in [1.82, 2.24) is 4.98 Å². The molecule has 0 aliphatic carbocycles. The smallest absolute Gasteiger partial charge is 0.306 e. The number of aromatic nitrogens is 1. The number of hydrogen-bond donors (Lipinski definition) is 0. The summed E-state index contributed by atoms with van der Waals surface area (Å²) in [6, 6.07) is 3.00. The molecule has 0 spiro atoms. The molecule has 18 heavy (non-hydrogen) atoms. The van der Waals surface area contributed by atoms with Crippen molar-refractivity contribution in [1.29, 1.82) is 0 Å². The van der Waals surface area contributed by atoms with Crippen LogP contribution in [0.5, 0.6) is 0 Å². The maximum Gasteiger partial charge on any atom is 0.306 e. The molecule has 0 bridgehead atoms. The summed E-state index contributed by atoms with van der Waals surface area (Å²) in [4.78, 5) is 16.2.